The number of aromatic nitrogens is 1. The number of aryl methyl sites for hydroxylation is 1. The fourth-order valence-electron chi connectivity index (χ4n) is 3.05. The summed E-state index contributed by atoms with van der Waals surface area (Å²) in [5, 5.41) is 2.11. The summed E-state index contributed by atoms with van der Waals surface area (Å²) in [6, 6.07) is 19.7. The number of pyridine rings is 1. The minimum atomic E-state index is 0.0550. The second-order valence-electron chi connectivity index (χ2n) is 5.92. The van der Waals surface area contributed by atoms with E-state index in [1.165, 1.54) is 5.56 Å². The number of para-hydroxylation sites is 2. The normalized spacial score (nSPS) is 11.2. The lowest BCUT2D eigenvalue weighted by atomic mass is 10.0. The van der Waals surface area contributed by atoms with Gasteiger partial charge >= 0.3 is 0 Å². The van der Waals surface area contributed by atoms with E-state index < -0.39 is 0 Å². The van der Waals surface area contributed by atoms with Gasteiger partial charge in [0.15, 0.2) is 11.5 Å². The number of hydrogen-bond acceptors (Lipinski definition) is 3. The number of ketones is 1. The van der Waals surface area contributed by atoms with Crippen LogP contribution < -0.4 is 0 Å². The fourth-order valence-corrected chi connectivity index (χ4v) is 3.05. The first kappa shape index (κ1) is 14.6. The summed E-state index contributed by atoms with van der Waals surface area (Å²) < 4.78 is 5.64. The molecule has 0 amide bonds. The van der Waals surface area contributed by atoms with Crippen LogP contribution in [0, 0.1) is 0 Å². The number of carbonyl (C=O) groups is 1. The van der Waals surface area contributed by atoms with Crippen molar-refractivity contribution in [1.82, 2.24) is 4.98 Å². The first-order valence-corrected chi connectivity index (χ1v) is 8.16. The lowest BCUT2D eigenvalue weighted by molar-refractivity contribution is 0.0955. The van der Waals surface area contributed by atoms with Crippen LogP contribution in [0.15, 0.2) is 71.3 Å². The minimum absolute atomic E-state index is 0.0550. The van der Waals surface area contributed by atoms with E-state index in [9.17, 15) is 4.79 Å². The highest BCUT2D eigenvalue weighted by atomic mass is 16.3. The van der Waals surface area contributed by atoms with Gasteiger partial charge in [-0.3, -0.25) is 9.78 Å². The van der Waals surface area contributed by atoms with E-state index in [4.69, 9.17) is 4.42 Å². The molecule has 0 radical (unpaired) electrons. The van der Waals surface area contributed by atoms with Gasteiger partial charge in [0, 0.05) is 23.4 Å². The Morgan fingerprint density at radius 3 is 2.71 bits per heavy atom. The molecule has 0 atom stereocenters. The first-order chi connectivity index (χ1) is 11.8. The van der Waals surface area contributed by atoms with Gasteiger partial charge in [-0.25, -0.2) is 0 Å². The van der Waals surface area contributed by atoms with Crippen LogP contribution in [0.25, 0.3) is 21.9 Å². The van der Waals surface area contributed by atoms with Crippen LogP contribution in [0.1, 0.15) is 29.0 Å². The van der Waals surface area contributed by atoms with Crippen LogP contribution in [-0.2, 0) is 6.42 Å². The van der Waals surface area contributed by atoms with Crippen LogP contribution in [0.4, 0.5) is 0 Å². The van der Waals surface area contributed by atoms with Crippen molar-refractivity contribution in [2.45, 2.75) is 19.3 Å². The number of carbonyl (C=O) groups excluding carboxylic acids is 1. The Morgan fingerprint density at radius 2 is 1.79 bits per heavy atom. The zero-order valence-electron chi connectivity index (χ0n) is 13.2. The van der Waals surface area contributed by atoms with Crippen LogP contribution in [0.5, 0.6) is 0 Å². The highest BCUT2D eigenvalue weighted by molar-refractivity contribution is 5.97. The Labute approximate surface area is 139 Å². The van der Waals surface area contributed by atoms with Gasteiger partial charge in [-0.1, -0.05) is 42.5 Å². The van der Waals surface area contributed by atoms with Crippen LogP contribution in [0.3, 0.4) is 0 Å². The van der Waals surface area contributed by atoms with Crippen molar-refractivity contribution < 1.29 is 9.21 Å². The molecule has 0 aliphatic carbocycles. The molecule has 0 saturated heterocycles. The maximum absolute atomic E-state index is 12.4. The Bertz CT molecular complexity index is 978. The number of rotatable bonds is 5. The predicted octanol–water partition coefficient (Wildman–Crippen LogP) is 5.19. The van der Waals surface area contributed by atoms with Crippen molar-refractivity contribution >= 4 is 27.7 Å². The second kappa shape index (κ2) is 6.28. The Hall–Kier alpha value is -2.94. The second-order valence-corrected chi connectivity index (χ2v) is 5.92. The molecule has 118 valence electrons. The molecule has 0 aliphatic rings. The van der Waals surface area contributed by atoms with E-state index in [0.717, 1.165) is 34.7 Å². The molecular weight excluding hydrogens is 298 g/mol. The molecule has 2 heterocycles. The van der Waals surface area contributed by atoms with Gasteiger partial charge in [0.2, 0.25) is 0 Å². The summed E-state index contributed by atoms with van der Waals surface area (Å²) in [6.07, 6.45) is 3.90. The summed E-state index contributed by atoms with van der Waals surface area (Å²) in [5.41, 5.74) is 2.97. The first-order valence-electron chi connectivity index (χ1n) is 8.16. The number of hydrogen-bond donors (Lipinski definition) is 0. The topological polar surface area (TPSA) is 43.1 Å². The fraction of sp³-hybridized carbons (Fsp3) is 0.143. The molecular formula is C21H17NO2. The highest BCUT2D eigenvalue weighted by Gasteiger charge is 2.12. The number of nitrogens with zero attached hydrogens (tertiary/aromatic N) is 1. The molecule has 0 unspecified atom stereocenters. The van der Waals surface area contributed by atoms with Crippen molar-refractivity contribution in [3.63, 3.8) is 0 Å². The summed E-state index contributed by atoms with van der Waals surface area (Å²) in [6.45, 7) is 0. The SMILES string of the molecule is O=C(CCCc1cccc2cccnc12)c1cc2ccccc2o1. The molecule has 4 aromatic rings. The molecule has 2 aromatic carbocycles. The largest absolute Gasteiger partial charge is 0.453 e. The standard InChI is InChI=1S/C21H17NO2/c23-18(20-14-17-6-1-2-12-19(17)24-20)11-4-9-15-7-3-8-16-10-5-13-22-21(15)16/h1-3,5-8,10,12-14H,4,9,11H2. The zero-order valence-corrected chi connectivity index (χ0v) is 13.2. The van der Waals surface area contributed by atoms with E-state index in [0.29, 0.717) is 12.2 Å². The van der Waals surface area contributed by atoms with Gasteiger partial charge in [-0.05, 0) is 36.6 Å². The third-order valence-corrected chi connectivity index (χ3v) is 4.27. The third-order valence-electron chi connectivity index (χ3n) is 4.27. The molecule has 0 aliphatic heterocycles. The van der Waals surface area contributed by atoms with Gasteiger partial charge in [0.25, 0.3) is 0 Å². The van der Waals surface area contributed by atoms with Gasteiger partial charge in [-0.15, -0.1) is 0 Å². The average Bonchev–Trinajstić information content (AvgIpc) is 3.06. The highest BCUT2D eigenvalue weighted by Crippen LogP contribution is 2.22. The van der Waals surface area contributed by atoms with Crippen molar-refractivity contribution in [3.05, 3.63) is 78.2 Å². The molecule has 24 heavy (non-hydrogen) atoms. The lowest BCUT2D eigenvalue weighted by Gasteiger charge is -2.04. The van der Waals surface area contributed by atoms with Crippen molar-refractivity contribution in [1.29, 1.82) is 0 Å². The van der Waals surface area contributed by atoms with E-state index >= 15 is 0 Å². The smallest absolute Gasteiger partial charge is 0.198 e. The maximum Gasteiger partial charge on any atom is 0.198 e. The Kier molecular flexibility index (Phi) is 3.83. The number of Topliss-reactive ketones (excluding diaryl/α,β-unsaturated/α-hetero) is 1. The summed E-state index contributed by atoms with van der Waals surface area (Å²) in [5.74, 6) is 0.506. The molecule has 0 bridgehead atoms. The molecule has 0 spiro atoms. The maximum atomic E-state index is 12.4. The minimum Gasteiger partial charge on any atom is -0.453 e. The van der Waals surface area contributed by atoms with Crippen LogP contribution in [-0.4, -0.2) is 10.8 Å². The molecule has 0 saturated carbocycles. The van der Waals surface area contributed by atoms with E-state index in [-0.39, 0.29) is 5.78 Å². The van der Waals surface area contributed by atoms with E-state index in [1.54, 1.807) is 0 Å². The van der Waals surface area contributed by atoms with Gasteiger partial charge in [0.05, 0.1) is 5.52 Å². The molecule has 2 aromatic heterocycles. The average molecular weight is 315 g/mol. The molecule has 0 fully saturated rings. The molecule has 3 nitrogen and oxygen atoms in total. The van der Waals surface area contributed by atoms with Crippen molar-refractivity contribution in [2.24, 2.45) is 0 Å². The lowest BCUT2D eigenvalue weighted by Crippen LogP contribution is -1.99. The Morgan fingerprint density at radius 1 is 0.958 bits per heavy atom. The zero-order chi connectivity index (χ0) is 16.4. The van der Waals surface area contributed by atoms with Gasteiger partial charge < -0.3 is 4.42 Å². The molecule has 0 N–H and O–H groups in total. The number of benzene rings is 2. The monoisotopic (exact) mass is 315 g/mol. The van der Waals surface area contributed by atoms with E-state index in [1.807, 2.05) is 48.7 Å². The van der Waals surface area contributed by atoms with E-state index in [2.05, 4.69) is 23.2 Å². The molecule has 4 rings (SSSR count). The summed E-state index contributed by atoms with van der Waals surface area (Å²) in [4.78, 5) is 16.8. The quantitative estimate of drug-likeness (QED) is 0.476. The summed E-state index contributed by atoms with van der Waals surface area (Å²) >= 11 is 0. The van der Waals surface area contributed by atoms with Crippen molar-refractivity contribution in [3.8, 4) is 0 Å². The Balaban J connectivity index is 1.45. The van der Waals surface area contributed by atoms with Gasteiger partial charge in [-0.2, -0.15) is 0 Å². The number of fused-ring (bicyclic) bond motifs is 2. The van der Waals surface area contributed by atoms with Crippen LogP contribution >= 0.6 is 0 Å². The number of furan rings is 1. The van der Waals surface area contributed by atoms with Crippen molar-refractivity contribution in [2.75, 3.05) is 0 Å². The summed E-state index contributed by atoms with van der Waals surface area (Å²) in [7, 11) is 0. The van der Waals surface area contributed by atoms with Crippen LogP contribution in [0.2, 0.25) is 0 Å². The van der Waals surface area contributed by atoms with Gasteiger partial charge in [0.1, 0.15) is 5.58 Å². The third kappa shape index (κ3) is 2.81. The molecule has 3 heteroatoms. The predicted molar refractivity (Wildman–Crippen MR) is 95.2 cm³/mol.